The van der Waals surface area contributed by atoms with Crippen molar-refractivity contribution in [2.45, 2.75) is 43.7 Å². The van der Waals surface area contributed by atoms with Gasteiger partial charge in [-0.25, -0.2) is 0 Å². The number of aryl methyl sites for hydroxylation is 1. The topological polar surface area (TPSA) is 41.1 Å². The zero-order chi connectivity index (χ0) is 13.7. The van der Waals surface area contributed by atoms with Crippen molar-refractivity contribution in [3.8, 4) is 0 Å². The van der Waals surface area contributed by atoms with Crippen LogP contribution >= 0.6 is 11.8 Å². The molecule has 4 heteroatoms. The summed E-state index contributed by atoms with van der Waals surface area (Å²) in [5.74, 6) is 0.145. The minimum absolute atomic E-state index is 0.145. The molecule has 0 bridgehead atoms. The molecule has 0 saturated carbocycles. The molecule has 1 fully saturated rings. The number of nitrogens with one attached hydrogen (secondary N) is 2. The molecule has 1 atom stereocenters. The Morgan fingerprint density at radius 2 is 2.37 bits per heavy atom. The van der Waals surface area contributed by atoms with Crippen molar-refractivity contribution in [3.63, 3.8) is 0 Å². The molecule has 3 nitrogen and oxygen atoms in total. The van der Waals surface area contributed by atoms with Crippen molar-refractivity contribution in [2.24, 2.45) is 0 Å². The van der Waals surface area contributed by atoms with E-state index in [1.807, 2.05) is 0 Å². The molecule has 0 spiro atoms. The average molecular weight is 278 g/mol. The van der Waals surface area contributed by atoms with E-state index in [4.69, 9.17) is 0 Å². The van der Waals surface area contributed by atoms with Crippen LogP contribution in [-0.2, 0) is 11.3 Å². The van der Waals surface area contributed by atoms with Gasteiger partial charge in [0.05, 0.1) is 0 Å². The van der Waals surface area contributed by atoms with E-state index in [0.717, 1.165) is 13.0 Å². The van der Waals surface area contributed by atoms with Gasteiger partial charge in [-0.2, -0.15) is 0 Å². The summed E-state index contributed by atoms with van der Waals surface area (Å²) in [6, 6.07) is 6.75. The van der Waals surface area contributed by atoms with Crippen LogP contribution in [0.15, 0.2) is 23.1 Å². The molecule has 1 aromatic carbocycles. The predicted octanol–water partition coefficient (Wildman–Crippen LogP) is 2.48. The van der Waals surface area contributed by atoms with Crippen LogP contribution in [0.3, 0.4) is 0 Å². The average Bonchev–Trinajstić information content (AvgIpc) is 2.90. The van der Waals surface area contributed by atoms with Crippen molar-refractivity contribution in [3.05, 3.63) is 29.3 Å². The molecule has 2 rings (SSSR count). The van der Waals surface area contributed by atoms with Gasteiger partial charge in [-0.15, -0.1) is 11.8 Å². The lowest BCUT2D eigenvalue weighted by Crippen LogP contribution is -2.31. The summed E-state index contributed by atoms with van der Waals surface area (Å²) in [6.45, 7) is 3.77. The van der Waals surface area contributed by atoms with Crippen molar-refractivity contribution < 1.29 is 4.79 Å². The summed E-state index contributed by atoms with van der Waals surface area (Å²) in [6.07, 6.45) is 4.98. The lowest BCUT2D eigenvalue weighted by atomic mass is 10.1. The van der Waals surface area contributed by atoms with Gasteiger partial charge in [0.1, 0.15) is 0 Å². The maximum Gasteiger partial charge on any atom is 0.221 e. The molecular weight excluding hydrogens is 256 g/mol. The molecule has 1 heterocycles. The highest BCUT2D eigenvalue weighted by molar-refractivity contribution is 7.98. The molecule has 0 aliphatic carbocycles. The van der Waals surface area contributed by atoms with E-state index in [2.05, 4.69) is 42.0 Å². The molecule has 1 aliphatic heterocycles. The van der Waals surface area contributed by atoms with Gasteiger partial charge in [-0.05, 0) is 49.8 Å². The number of amides is 1. The van der Waals surface area contributed by atoms with Gasteiger partial charge in [0.15, 0.2) is 0 Å². The first-order chi connectivity index (χ1) is 9.19. The third-order valence-electron chi connectivity index (χ3n) is 3.51. The fourth-order valence-corrected chi connectivity index (χ4v) is 3.12. The highest BCUT2D eigenvalue weighted by Gasteiger charge is 2.17. The molecule has 104 valence electrons. The van der Waals surface area contributed by atoms with Gasteiger partial charge < -0.3 is 10.6 Å². The molecule has 2 N–H and O–H groups in total. The summed E-state index contributed by atoms with van der Waals surface area (Å²) < 4.78 is 0. The molecule has 1 amide bonds. The van der Waals surface area contributed by atoms with Gasteiger partial charge in [0.25, 0.3) is 0 Å². The van der Waals surface area contributed by atoms with Crippen LogP contribution in [0, 0.1) is 6.92 Å². The number of carbonyl (C=O) groups excluding carboxylic acids is 1. The number of carbonyl (C=O) groups is 1. The SMILES string of the molecule is CSc1cc(C)ccc1CNC(=O)CC1CCCN1. The Morgan fingerprint density at radius 3 is 3.05 bits per heavy atom. The first kappa shape index (κ1) is 14.4. The predicted molar refractivity (Wildman–Crippen MR) is 80.4 cm³/mol. The number of benzene rings is 1. The highest BCUT2D eigenvalue weighted by Crippen LogP contribution is 2.21. The fraction of sp³-hybridized carbons (Fsp3) is 0.533. The Balaban J connectivity index is 1.85. The maximum atomic E-state index is 11.9. The number of rotatable bonds is 5. The highest BCUT2D eigenvalue weighted by atomic mass is 32.2. The van der Waals surface area contributed by atoms with Crippen molar-refractivity contribution >= 4 is 17.7 Å². The molecule has 1 saturated heterocycles. The van der Waals surface area contributed by atoms with E-state index in [9.17, 15) is 4.79 Å². The van der Waals surface area contributed by atoms with Crippen molar-refractivity contribution in [1.29, 1.82) is 0 Å². The molecule has 1 aromatic rings. The van der Waals surface area contributed by atoms with Crippen LogP contribution in [-0.4, -0.2) is 24.7 Å². The normalized spacial score (nSPS) is 18.5. The Labute approximate surface area is 119 Å². The molecule has 0 radical (unpaired) electrons. The number of hydrogen-bond acceptors (Lipinski definition) is 3. The second-order valence-electron chi connectivity index (χ2n) is 5.09. The van der Waals surface area contributed by atoms with Gasteiger partial charge >= 0.3 is 0 Å². The lowest BCUT2D eigenvalue weighted by Gasteiger charge is -2.12. The fourth-order valence-electron chi connectivity index (χ4n) is 2.42. The van der Waals surface area contributed by atoms with Crippen LogP contribution in [0.1, 0.15) is 30.4 Å². The molecule has 0 aromatic heterocycles. The van der Waals surface area contributed by atoms with Gasteiger partial charge in [0, 0.05) is 23.9 Å². The van der Waals surface area contributed by atoms with Crippen LogP contribution in [0.25, 0.3) is 0 Å². The van der Waals surface area contributed by atoms with E-state index in [1.165, 1.54) is 22.4 Å². The zero-order valence-corrected chi connectivity index (χ0v) is 12.5. The Bertz CT molecular complexity index is 442. The van der Waals surface area contributed by atoms with Crippen LogP contribution < -0.4 is 10.6 Å². The maximum absolute atomic E-state index is 11.9. The molecular formula is C15H22N2OS. The zero-order valence-electron chi connectivity index (χ0n) is 11.7. The summed E-state index contributed by atoms with van der Waals surface area (Å²) in [5.41, 5.74) is 2.46. The van der Waals surface area contributed by atoms with Crippen LogP contribution in [0.2, 0.25) is 0 Å². The third kappa shape index (κ3) is 4.25. The van der Waals surface area contributed by atoms with Gasteiger partial charge in [0.2, 0.25) is 5.91 Å². The summed E-state index contributed by atoms with van der Waals surface area (Å²) in [5, 5.41) is 6.38. The standard InChI is InChI=1S/C15H22N2OS/c1-11-5-6-12(14(8-11)19-2)10-17-15(18)9-13-4-3-7-16-13/h5-6,8,13,16H,3-4,7,9-10H2,1-2H3,(H,17,18). The summed E-state index contributed by atoms with van der Waals surface area (Å²) >= 11 is 1.73. The van der Waals surface area contributed by atoms with E-state index < -0.39 is 0 Å². The lowest BCUT2D eigenvalue weighted by molar-refractivity contribution is -0.121. The number of thioether (sulfide) groups is 1. The Hall–Kier alpha value is -1.00. The second kappa shape index (κ2) is 6.96. The minimum Gasteiger partial charge on any atom is -0.352 e. The number of hydrogen-bond donors (Lipinski definition) is 2. The van der Waals surface area contributed by atoms with Gasteiger partial charge in [-0.1, -0.05) is 12.1 Å². The quantitative estimate of drug-likeness (QED) is 0.813. The van der Waals surface area contributed by atoms with Crippen LogP contribution in [0.5, 0.6) is 0 Å². The Morgan fingerprint density at radius 1 is 1.53 bits per heavy atom. The molecule has 1 aliphatic rings. The smallest absolute Gasteiger partial charge is 0.221 e. The monoisotopic (exact) mass is 278 g/mol. The first-order valence-electron chi connectivity index (χ1n) is 6.82. The second-order valence-corrected chi connectivity index (χ2v) is 5.94. The molecule has 19 heavy (non-hydrogen) atoms. The van der Waals surface area contributed by atoms with E-state index in [-0.39, 0.29) is 5.91 Å². The Kier molecular flexibility index (Phi) is 5.28. The van der Waals surface area contributed by atoms with E-state index >= 15 is 0 Å². The third-order valence-corrected chi connectivity index (χ3v) is 4.33. The van der Waals surface area contributed by atoms with Gasteiger partial charge in [-0.3, -0.25) is 4.79 Å². The summed E-state index contributed by atoms with van der Waals surface area (Å²) in [4.78, 5) is 13.1. The summed E-state index contributed by atoms with van der Waals surface area (Å²) in [7, 11) is 0. The van der Waals surface area contributed by atoms with E-state index in [0.29, 0.717) is 19.0 Å². The van der Waals surface area contributed by atoms with Crippen molar-refractivity contribution in [1.82, 2.24) is 10.6 Å². The first-order valence-corrected chi connectivity index (χ1v) is 8.05. The van der Waals surface area contributed by atoms with E-state index in [1.54, 1.807) is 11.8 Å². The minimum atomic E-state index is 0.145. The largest absolute Gasteiger partial charge is 0.352 e. The molecule has 1 unspecified atom stereocenters. The van der Waals surface area contributed by atoms with Crippen molar-refractivity contribution in [2.75, 3.05) is 12.8 Å². The van der Waals surface area contributed by atoms with Crippen LogP contribution in [0.4, 0.5) is 0 Å².